The van der Waals surface area contributed by atoms with Crippen LogP contribution in [0.3, 0.4) is 0 Å². The summed E-state index contributed by atoms with van der Waals surface area (Å²) in [5.74, 6) is -2.54. The van der Waals surface area contributed by atoms with Crippen molar-refractivity contribution in [2.75, 3.05) is 0 Å². The number of aromatic nitrogens is 2. The van der Waals surface area contributed by atoms with Gasteiger partial charge in [0.2, 0.25) is 0 Å². The molecule has 1 aromatic heterocycles. The maximum absolute atomic E-state index is 10.7. The summed E-state index contributed by atoms with van der Waals surface area (Å²) < 4.78 is 1.62. The standard InChI is InChI=1S/C10H14N2O4/c1-2-12-8(3-4-11-12)7(5-9(13)14)6-10(15)16/h3-4,7H,2,5-6H2,1H3,(H,13,14)(H,15,16). The number of aryl methyl sites for hydroxylation is 1. The van der Waals surface area contributed by atoms with Gasteiger partial charge in [-0.1, -0.05) is 0 Å². The summed E-state index contributed by atoms with van der Waals surface area (Å²) in [5.41, 5.74) is 0.660. The van der Waals surface area contributed by atoms with Crippen LogP contribution < -0.4 is 0 Å². The van der Waals surface area contributed by atoms with Crippen molar-refractivity contribution < 1.29 is 19.8 Å². The average Bonchev–Trinajstić information content (AvgIpc) is 2.62. The van der Waals surface area contributed by atoms with E-state index in [2.05, 4.69) is 5.10 Å². The Morgan fingerprint density at radius 1 is 1.38 bits per heavy atom. The summed E-state index contributed by atoms with van der Waals surface area (Å²) in [6.45, 7) is 2.47. The number of nitrogens with zero attached hydrogens (tertiary/aromatic N) is 2. The van der Waals surface area contributed by atoms with E-state index in [0.29, 0.717) is 12.2 Å². The zero-order valence-corrected chi connectivity index (χ0v) is 8.96. The molecular weight excluding hydrogens is 212 g/mol. The Hall–Kier alpha value is -1.85. The third-order valence-electron chi connectivity index (χ3n) is 2.31. The Kier molecular flexibility index (Phi) is 4.04. The van der Waals surface area contributed by atoms with Crippen LogP contribution in [-0.4, -0.2) is 31.9 Å². The lowest BCUT2D eigenvalue weighted by Crippen LogP contribution is -2.15. The predicted molar refractivity (Wildman–Crippen MR) is 55.1 cm³/mol. The van der Waals surface area contributed by atoms with Crippen LogP contribution in [0.5, 0.6) is 0 Å². The number of rotatable bonds is 6. The number of aliphatic carboxylic acids is 2. The SMILES string of the molecule is CCn1nccc1C(CC(=O)O)CC(=O)O. The molecule has 0 saturated carbocycles. The fraction of sp³-hybridized carbons (Fsp3) is 0.500. The maximum atomic E-state index is 10.7. The second kappa shape index (κ2) is 5.29. The van der Waals surface area contributed by atoms with Crippen LogP contribution in [0, 0.1) is 0 Å². The minimum Gasteiger partial charge on any atom is -0.481 e. The highest BCUT2D eigenvalue weighted by molar-refractivity contribution is 5.72. The van der Waals surface area contributed by atoms with Crippen LogP contribution in [0.1, 0.15) is 31.4 Å². The fourth-order valence-corrected chi connectivity index (χ4v) is 1.66. The molecule has 0 unspecified atom stereocenters. The lowest BCUT2D eigenvalue weighted by Gasteiger charge is -2.13. The van der Waals surface area contributed by atoms with Crippen LogP contribution in [0.15, 0.2) is 12.3 Å². The number of carboxylic acids is 2. The van der Waals surface area contributed by atoms with E-state index in [0.717, 1.165) is 0 Å². The molecule has 1 rings (SSSR count). The van der Waals surface area contributed by atoms with E-state index in [9.17, 15) is 9.59 Å². The summed E-state index contributed by atoms with van der Waals surface area (Å²) in [5, 5.41) is 21.5. The van der Waals surface area contributed by atoms with E-state index in [-0.39, 0.29) is 12.8 Å². The lowest BCUT2D eigenvalue weighted by molar-refractivity contribution is -0.139. The predicted octanol–water partition coefficient (Wildman–Crippen LogP) is 0.936. The smallest absolute Gasteiger partial charge is 0.304 e. The van der Waals surface area contributed by atoms with Gasteiger partial charge >= 0.3 is 11.9 Å². The van der Waals surface area contributed by atoms with Gasteiger partial charge in [-0.15, -0.1) is 0 Å². The number of carboxylic acid groups (broad SMARTS) is 2. The molecular formula is C10H14N2O4. The quantitative estimate of drug-likeness (QED) is 0.752. The topological polar surface area (TPSA) is 92.4 Å². The largest absolute Gasteiger partial charge is 0.481 e. The second-order valence-corrected chi connectivity index (χ2v) is 3.46. The normalized spacial score (nSPS) is 10.6. The Bertz CT molecular complexity index is 370. The summed E-state index contributed by atoms with van der Waals surface area (Å²) in [4.78, 5) is 21.3. The molecule has 0 fully saturated rings. The summed E-state index contributed by atoms with van der Waals surface area (Å²) >= 11 is 0. The van der Waals surface area contributed by atoms with Crippen LogP contribution >= 0.6 is 0 Å². The van der Waals surface area contributed by atoms with Gasteiger partial charge in [0.15, 0.2) is 0 Å². The first-order valence-electron chi connectivity index (χ1n) is 4.99. The molecule has 0 radical (unpaired) electrons. The molecule has 1 heterocycles. The Balaban J connectivity index is 2.90. The molecule has 0 bridgehead atoms. The van der Waals surface area contributed by atoms with Gasteiger partial charge in [0.1, 0.15) is 0 Å². The second-order valence-electron chi connectivity index (χ2n) is 3.46. The van der Waals surface area contributed by atoms with Gasteiger partial charge in [0.25, 0.3) is 0 Å². The first kappa shape index (κ1) is 12.2. The molecule has 0 spiro atoms. The molecule has 2 N–H and O–H groups in total. The monoisotopic (exact) mass is 226 g/mol. The Morgan fingerprint density at radius 3 is 2.38 bits per heavy atom. The van der Waals surface area contributed by atoms with Crippen LogP contribution in [-0.2, 0) is 16.1 Å². The van der Waals surface area contributed by atoms with Crippen molar-refractivity contribution in [1.82, 2.24) is 9.78 Å². The number of carbonyl (C=O) groups is 2. The fourth-order valence-electron chi connectivity index (χ4n) is 1.66. The summed E-state index contributed by atoms with van der Waals surface area (Å²) in [7, 11) is 0. The summed E-state index contributed by atoms with van der Waals surface area (Å²) in [6, 6.07) is 1.67. The number of hydrogen-bond acceptors (Lipinski definition) is 3. The third kappa shape index (κ3) is 3.08. The van der Waals surface area contributed by atoms with Gasteiger partial charge < -0.3 is 10.2 Å². The van der Waals surface area contributed by atoms with Gasteiger partial charge in [-0.3, -0.25) is 14.3 Å². The van der Waals surface area contributed by atoms with E-state index in [1.54, 1.807) is 16.9 Å². The highest BCUT2D eigenvalue weighted by atomic mass is 16.4. The van der Waals surface area contributed by atoms with E-state index >= 15 is 0 Å². The van der Waals surface area contributed by atoms with Crippen molar-refractivity contribution in [3.05, 3.63) is 18.0 Å². The molecule has 0 aliphatic rings. The van der Waals surface area contributed by atoms with E-state index in [1.165, 1.54) is 0 Å². The van der Waals surface area contributed by atoms with Gasteiger partial charge in [-0.2, -0.15) is 5.10 Å². The molecule has 6 heteroatoms. The lowest BCUT2D eigenvalue weighted by atomic mass is 9.97. The van der Waals surface area contributed by atoms with E-state index in [1.807, 2.05) is 6.92 Å². The molecule has 88 valence electrons. The zero-order valence-electron chi connectivity index (χ0n) is 8.96. The van der Waals surface area contributed by atoms with E-state index < -0.39 is 17.9 Å². The highest BCUT2D eigenvalue weighted by Crippen LogP contribution is 2.23. The minimum atomic E-state index is -1.00. The van der Waals surface area contributed by atoms with Gasteiger partial charge in [0.05, 0.1) is 12.8 Å². The maximum Gasteiger partial charge on any atom is 0.304 e. The Morgan fingerprint density at radius 2 is 1.94 bits per heavy atom. The Labute approximate surface area is 92.5 Å². The molecule has 0 aliphatic heterocycles. The molecule has 1 aromatic rings. The molecule has 0 aromatic carbocycles. The number of hydrogen-bond donors (Lipinski definition) is 2. The first-order valence-corrected chi connectivity index (χ1v) is 4.99. The van der Waals surface area contributed by atoms with Gasteiger partial charge in [0, 0.05) is 24.4 Å². The van der Waals surface area contributed by atoms with Crippen LogP contribution in [0.25, 0.3) is 0 Å². The average molecular weight is 226 g/mol. The zero-order chi connectivity index (χ0) is 12.1. The third-order valence-corrected chi connectivity index (χ3v) is 2.31. The molecule has 0 aliphatic carbocycles. The van der Waals surface area contributed by atoms with Crippen molar-refractivity contribution in [2.45, 2.75) is 32.2 Å². The van der Waals surface area contributed by atoms with Crippen molar-refractivity contribution in [3.63, 3.8) is 0 Å². The molecule has 16 heavy (non-hydrogen) atoms. The van der Waals surface area contributed by atoms with Crippen molar-refractivity contribution >= 4 is 11.9 Å². The van der Waals surface area contributed by atoms with E-state index in [4.69, 9.17) is 10.2 Å². The molecule has 0 saturated heterocycles. The minimum absolute atomic E-state index is 0.196. The van der Waals surface area contributed by atoms with Crippen LogP contribution in [0.2, 0.25) is 0 Å². The molecule has 6 nitrogen and oxygen atoms in total. The first-order chi connectivity index (χ1) is 7.54. The summed E-state index contributed by atoms with van der Waals surface area (Å²) in [6.07, 6.45) is 1.16. The van der Waals surface area contributed by atoms with Crippen molar-refractivity contribution in [2.24, 2.45) is 0 Å². The van der Waals surface area contributed by atoms with Gasteiger partial charge in [-0.05, 0) is 13.0 Å². The van der Waals surface area contributed by atoms with Crippen molar-refractivity contribution in [3.8, 4) is 0 Å². The van der Waals surface area contributed by atoms with Crippen molar-refractivity contribution in [1.29, 1.82) is 0 Å². The highest BCUT2D eigenvalue weighted by Gasteiger charge is 2.21. The molecule has 0 atom stereocenters. The van der Waals surface area contributed by atoms with Crippen LogP contribution in [0.4, 0.5) is 0 Å². The van der Waals surface area contributed by atoms with Gasteiger partial charge in [-0.25, -0.2) is 0 Å². The molecule has 0 amide bonds.